The summed E-state index contributed by atoms with van der Waals surface area (Å²) in [4.78, 5) is 7.23. The largest absolute Gasteiger partial charge is 0.459 e. The molecule has 28 heavy (non-hydrogen) atoms. The molecular weight excluding hydrogens is 344 g/mol. The van der Waals surface area contributed by atoms with Crippen LogP contribution in [0.5, 0.6) is 0 Å². The minimum absolute atomic E-state index is 0.843. The maximum absolute atomic E-state index is 6.17. The van der Waals surface area contributed by atoms with E-state index in [1.54, 1.807) is 0 Å². The first-order chi connectivity index (χ1) is 13.6. The second-order valence-corrected chi connectivity index (χ2v) is 7.22. The zero-order valence-electron chi connectivity index (χ0n) is 16.5. The van der Waals surface area contributed by atoms with Crippen molar-refractivity contribution in [3.05, 3.63) is 101 Å². The van der Waals surface area contributed by atoms with Crippen LogP contribution in [0.2, 0.25) is 0 Å². The summed E-state index contributed by atoms with van der Waals surface area (Å²) in [6, 6.07) is 26.8. The third-order valence-electron chi connectivity index (χ3n) is 4.80. The van der Waals surface area contributed by atoms with Crippen molar-refractivity contribution < 1.29 is 4.42 Å². The molecule has 0 aliphatic rings. The Balaban J connectivity index is 1.91. The predicted molar refractivity (Wildman–Crippen MR) is 117 cm³/mol. The highest BCUT2D eigenvalue weighted by Crippen LogP contribution is 2.34. The van der Waals surface area contributed by atoms with Crippen molar-refractivity contribution in [1.29, 1.82) is 0 Å². The molecule has 4 rings (SSSR count). The molecule has 0 aliphatic heterocycles. The van der Waals surface area contributed by atoms with Crippen LogP contribution < -0.4 is 0 Å². The standard InChI is InChI=1S/C25H24N2O/c1-18-22(17-27(2)3)21-15-10-16-23(25(21)28-18)26-24(19-11-6-4-7-12-19)20-13-8-5-9-14-20/h4-16H,17H2,1-3H3. The summed E-state index contributed by atoms with van der Waals surface area (Å²) in [5.41, 5.74) is 6.04. The van der Waals surface area contributed by atoms with E-state index in [-0.39, 0.29) is 0 Å². The Hall–Kier alpha value is -3.17. The Bertz CT molecular complexity index is 1070. The number of hydrogen-bond donors (Lipinski definition) is 0. The molecule has 3 heteroatoms. The summed E-state index contributed by atoms with van der Waals surface area (Å²) in [7, 11) is 4.15. The molecule has 1 heterocycles. The summed E-state index contributed by atoms with van der Waals surface area (Å²) in [6.07, 6.45) is 0. The van der Waals surface area contributed by atoms with Crippen LogP contribution in [0, 0.1) is 6.92 Å². The van der Waals surface area contributed by atoms with Gasteiger partial charge in [-0.2, -0.15) is 0 Å². The fourth-order valence-corrected chi connectivity index (χ4v) is 3.48. The van der Waals surface area contributed by atoms with Gasteiger partial charge in [0.25, 0.3) is 0 Å². The summed E-state index contributed by atoms with van der Waals surface area (Å²) < 4.78 is 6.17. The van der Waals surface area contributed by atoms with E-state index < -0.39 is 0 Å². The third kappa shape index (κ3) is 3.62. The zero-order chi connectivity index (χ0) is 19.5. The molecule has 0 aliphatic carbocycles. The monoisotopic (exact) mass is 368 g/mol. The van der Waals surface area contributed by atoms with Gasteiger partial charge in [0, 0.05) is 28.6 Å². The maximum Gasteiger partial charge on any atom is 0.160 e. The topological polar surface area (TPSA) is 28.7 Å². The lowest BCUT2D eigenvalue weighted by atomic mass is 10.0. The van der Waals surface area contributed by atoms with Crippen LogP contribution in [-0.4, -0.2) is 24.7 Å². The molecule has 0 saturated carbocycles. The molecule has 0 fully saturated rings. The Labute approximate surface area is 166 Å². The lowest BCUT2D eigenvalue weighted by Crippen LogP contribution is -2.10. The molecule has 3 aromatic carbocycles. The van der Waals surface area contributed by atoms with Gasteiger partial charge in [-0.25, -0.2) is 4.99 Å². The fraction of sp³-hybridized carbons (Fsp3) is 0.160. The molecule has 0 spiro atoms. The second kappa shape index (κ2) is 7.83. The van der Waals surface area contributed by atoms with Crippen LogP contribution in [0.15, 0.2) is 88.3 Å². The average molecular weight is 368 g/mol. The van der Waals surface area contributed by atoms with Gasteiger partial charge in [0.05, 0.1) is 5.71 Å². The number of hydrogen-bond acceptors (Lipinski definition) is 3. The molecule has 0 atom stereocenters. The van der Waals surface area contributed by atoms with Crippen molar-refractivity contribution in [2.75, 3.05) is 14.1 Å². The van der Waals surface area contributed by atoms with Gasteiger partial charge in [-0.15, -0.1) is 0 Å². The lowest BCUT2D eigenvalue weighted by Gasteiger charge is -2.09. The van der Waals surface area contributed by atoms with Crippen LogP contribution in [0.4, 0.5) is 5.69 Å². The quantitative estimate of drug-likeness (QED) is 0.406. The van der Waals surface area contributed by atoms with Crippen LogP contribution in [0.3, 0.4) is 0 Å². The smallest absolute Gasteiger partial charge is 0.160 e. The molecule has 0 amide bonds. The number of rotatable bonds is 5. The number of fused-ring (bicyclic) bond motifs is 1. The van der Waals surface area contributed by atoms with Crippen LogP contribution >= 0.6 is 0 Å². The first-order valence-corrected chi connectivity index (χ1v) is 9.49. The molecule has 0 saturated heterocycles. The van der Waals surface area contributed by atoms with Gasteiger partial charge in [-0.05, 0) is 27.1 Å². The van der Waals surface area contributed by atoms with Crippen LogP contribution in [-0.2, 0) is 6.54 Å². The molecule has 3 nitrogen and oxygen atoms in total. The highest BCUT2D eigenvalue weighted by Gasteiger charge is 2.15. The van der Waals surface area contributed by atoms with Crippen molar-refractivity contribution >= 4 is 22.4 Å². The lowest BCUT2D eigenvalue weighted by molar-refractivity contribution is 0.398. The highest BCUT2D eigenvalue weighted by atomic mass is 16.3. The summed E-state index contributed by atoms with van der Waals surface area (Å²) in [5, 5.41) is 1.13. The summed E-state index contributed by atoms with van der Waals surface area (Å²) in [5.74, 6) is 0.951. The third-order valence-corrected chi connectivity index (χ3v) is 4.80. The normalized spacial score (nSPS) is 11.1. The number of benzene rings is 3. The van der Waals surface area contributed by atoms with E-state index in [1.807, 2.05) is 49.4 Å². The van der Waals surface area contributed by atoms with E-state index in [9.17, 15) is 0 Å². The van der Waals surface area contributed by atoms with Gasteiger partial charge in [0.15, 0.2) is 5.58 Å². The Morgan fingerprint density at radius 3 is 2.00 bits per heavy atom. The van der Waals surface area contributed by atoms with E-state index in [1.165, 1.54) is 5.56 Å². The van der Waals surface area contributed by atoms with Gasteiger partial charge in [-0.3, -0.25) is 0 Å². The zero-order valence-corrected chi connectivity index (χ0v) is 16.5. The van der Waals surface area contributed by atoms with Crippen molar-refractivity contribution in [2.24, 2.45) is 4.99 Å². The van der Waals surface area contributed by atoms with Crippen molar-refractivity contribution in [3.63, 3.8) is 0 Å². The number of furan rings is 1. The first-order valence-electron chi connectivity index (χ1n) is 9.49. The summed E-state index contributed by atoms with van der Waals surface area (Å²) in [6.45, 7) is 2.87. The molecule has 1 aromatic heterocycles. The van der Waals surface area contributed by atoms with Gasteiger partial charge in [0.2, 0.25) is 0 Å². The molecule has 0 bridgehead atoms. The first kappa shape index (κ1) is 18.2. The Morgan fingerprint density at radius 2 is 1.43 bits per heavy atom. The van der Waals surface area contributed by atoms with E-state index in [0.29, 0.717) is 0 Å². The van der Waals surface area contributed by atoms with E-state index in [2.05, 4.69) is 55.4 Å². The van der Waals surface area contributed by atoms with Crippen molar-refractivity contribution in [3.8, 4) is 0 Å². The van der Waals surface area contributed by atoms with Gasteiger partial charge >= 0.3 is 0 Å². The van der Waals surface area contributed by atoms with E-state index in [0.717, 1.165) is 45.8 Å². The molecule has 4 aromatic rings. The molecule has 0 N–H and O–H groups in total. The number of para-hydroxylation sites is 1. The second-order valence-electron chi connectivity index (χ2n) is 7.22. The van der Waals surface area contributed by atoms with E-state index in [4.69, 9.17) is 9.41 Å². The van der Waals surface area contributed by atoms with Crippen LogP contribution in [0.25, 0.3) is 11.0 Å². The van der Waals surface area contributed by atoms with Crippen LogP contribution in [0.1, 0.15) is 22.5 Å². The predicted octanol–water partition coefficient (Wildman–Crippen LogP) is 5.97. The number of aryl methyl sites for hydroxylation is 1. The van der Waals surface area contributed by atoms with Crippen molar-refractivity contribution in [2.45, 2.75) is 13.5 Å². The Kier molecular flexibility index (Phi) is 5.09. The van der Waals surface area contributed by atoms with E-state index >= 15 is 0 Å². The minimum atomic E-state index is 0.843. The molecule has 0 radical (unpaired) electrons. The SMILES string of the molecule is Cc1oc2c(N=C(c3ccccc3)c3ccccc3)cccc2c1CN(C)C. The average Bonchev–Trinajstić information content (AvgIpc) is 3.03. The fourth-order valence-electron chi connectivity index (χ4n) is 3.48. The van der Waals surface area contributed by atoms with Gasteiger partial charge < -0.3 is 9.32 Å². The van der Waals surface area contributed by atoms with Gasteiger partial charge in [-0.1, -0.05) is 72.8 Å². The number of nitrogens with zero attached hydrogens (tertiary/aromatic N) is 2. The number of aliphatic imine (C=N–C) groups is 1. The maximum atomic E-state index is 6.17. The van der Waals surface area contributed by atoms with Crippen molar-refractivity contribution in [1.82, 2.24) is 4.90 Å². The minimum Gasteiger partial charge on any atom is -0.459 e. The van der Waals surface area contributed by atoms with Gasteiger partial charge in [0.1, 0.15) is 11.4 Å². The molecular formula is C25H24N2O. The summed E-state index contributed by atoms with van der Waals surface area (Å²) >= 11 is 0. The molecule has 0 unspecified atom stereocenters. The Morgan fingerprint density at radius 1 is 0.821 bits per heavy atom. The highest BCUT2D eigenvalue weighted by molar-refractivity contribution is 6.14. The molecule has 140 valence electrons.